The molecule has 2 aliphatic rings. The molecule has 2 atom stereocenters. The maximum atomic E-state index is 11.9. The quantitative estimate of drug-likeness (QED) is 0.895. The van der Waals surface area contributed by atoms with Gasteiger partial charge < -0.3 is 5.32 Å². The van der Waals surface area contributed by atoms with Crippen LogP contribution in [0.4, 0.5) is 0 Å². The summed E-state index contributed by atoms with van der Waals surface area (Å²) < 4.78 is 23.8. The average molecular weight is 279 g/mol. The van der Waals surface area contributed by atoms with Gasteiger partial charge in [-0.05, 0) is 49.2 Å². The summed E-state index contributed by atoms with van der Waals surface area (Å²) in [4.78, 5) is 0. The van der Waals surface area contributed by atoms with Gasteiger partial charge in [0.1, 0.15) is 0 Å². The van der Waals surface area contributed by atoms with E-state index >= 15 is 0 Å². The lowest BCUT2D eigenvalue weighted by Gasteiger charge is -2.41. The first-order valence-corrected chi connectivity index (χ1v) is 8.87. The first-order valence-electron chi connectivity index (χ1n) is 7.05. The van der Waals surface area contributed by atoms with Crippen molar-refractivity contribution in [2.24, 2.45) is 11.3 Å². The normalized spacial score (nSPS) is 33.6. The van der Waals surface area contributed by atoms with Gasteiger partial charge in [-0.1, -0.05) is 30.3 Å². The number of rotatable bonds is 2. The molecule has 0 aliphatic carbocycles. The highest BCUT2D eigenvalue weighted by Crippen LogP contribution is 2.45. The number of hydrogen-bond acceptors (Lipinski definition) is 3. The molecule has 0 radical (unpaired) electrons. The topological polar surface area (TPSA) is 46.2 Å². The van der Waals surface area contributed by atoms with E-state index in [1.165, 1.54) is 5.56 Å². The summed E-state index contributed by atoms with van der Waals surface area (Å²) in [6.45, 7) is 1.91. The average Bonchev–Trinajstić information content (AvgIpc) is 2.70. The van der Waals surface area contributed by atoms with Crippen molar-refractivity contribution in [2.45, 2.75) is 19.3 Å². The van der Waals surface area contributed by atoms with Gasteiger partial charge in [-0.25, -0.2) is 8.42 Å². The van der Waals surface area contributed by atoms with Crippen molar-refractivity contribution in [3.05, 3.63) is 35.9 Å². The molecule has 4 heteroatoms. The van der Waals surface area contributed by atoms with Crippen molar-refractivity contribution in [2.75, 3.05) is 24.6 Å². The minimum Gasteiger partial charge on any atom is -0.316 e. The molecule has 1 spiro atoms. The summed E-state index contributed by atoms with van der Waals surface area (Å²) in [7, 11) is -2.81. The Balaban J connectivity index is 1.82. The van der Waals surface area contributed by atoms with Crippen LogP contribution in [0.1, 0.15) is 18.4 Å². The fraction of sp³-hybridized carbons (Fsp3) is 0.600. The van der Waals surface area contributed by atoms with Crippen LogP contribution >= 0.6 is 0 Å². The minimum absolute atomic E-state index is 0.0277. The third-order valence-electron chi connectivity index (χ3n) is 4.80. The van der Waals surface area contributed by atoms with Crippen LogP contribution in [-0.4, -0.2) is 33.0 Å². The van der Waals surface area contributed by atoms with Gasteiger partial charge in [-0.2, -0.15) is 0 Å². The van der Waals surface area contributed by atoms with Crippen LogP contribution in [0, 0.1) is 11.3 Å². The zero-order chi connectivity index (χ0) is 13.3. The molecule has 0 bridgehead atoms. The van der Waals surface area contributed by atoms with E-state index in [1.54, 1.807) is 0 Å². The Labute approximate surface area is 115 Å². The van der Waals surface area contributed by atoms with Gasteiger partial charge in [0.25, 0.3) is 0 Å². The number of piperidine rings is 1. The lowest BCUT2D eigenvalue weighted by atomic mass is 9.68. The van der Waals surface area contributed by atoms with Crippen LogP contribution in [0.25, 0.3) is 0 Å². The molecule has 2 unspecified atom stereocenters. The van der Waals surface area contributed by atoms with E-state index in [0.29, 0.717) is 17.4 Å². The molecule has 0 amide bonds. The maximum Gasteiger partial charge on any atom is 0.150 e. The number of sulfone groups is 1. The number of hydrogen-bond donors (Lipinski definition) is 1. The van der Waals surface area contributed by atoms with Crippen molar-refractivity contribution in [3.8, 4) is 0 Å². The SMILES string of the molecule is O=S1(=O)CCC2(CCNCC2Cc2ccccc2)C1. The minimum atomic E-state index is -2.81. The molecule has 1 aromatic rings. The first kappa shape index (κ1) is 13.1. The Bertz CT molecular complexity index is 541. The summed E-state index contributed by atoms with van der Waals surface area (Å²) in [5.41, 5.74) is 1.35. The van der Waals surface area contributed by atoms with E-state index in [0.717, 1.165) is 32.4 Å². The van der Waals surface area contributed by atoms with Crippen molar-refractivity contribution < 1.29 is 8.42 Å². The van der Waals surface area contributed by atoms with Crippen LogP contribution in [0.15, 0.2) is 30.3 Å². The van der Waals surface area contributed by atoms with Gasteiger partial charge in [0.2, 0.25) is 0 Å². The summed E-state index contributed by atoms with van der Waals surface area (Å²) in [5, 5.41) is 3.44. The van der Waals surface area contributed by atoms with E-state index in [2.05, 4.69) is 29.6 Å². The molecule has 2 aliphatic heterocycles. The van der Waals surface area contributed by atoms with Crippen LogP contribution in [0.2, 0.25) is 0 Å². The fourth-order valence-electron chi connectivity index (χ4n) is 3.68. The van der Waals surface area contributed by atoms with E-state index in [-0.39, 0.29) is 5.41 Å². The molecule has 1 N–H and O–H groups in total. The van der Waals surface area contributed by atoms with Gasteiger partial charge in [-0.15, -0.1) is 0 Å². The Morgan fingerprint density at radius 3 is 2.68 bits per heavy atom. The standard InChI is InChI=1S/C15H21NO2S/c17-19(18)9-7-15(12-19)6-8-16-11-14(15)10-13-4-2-1-3-5-13/h1-5,14,16H,6-12H2. The molecule has 0 saturated carbocycles. The third kappa shape index (κ3) is 2.70. The Kier molecular flexibility index (Phi) is 3.39. The molecular weight excluding hydrogens is 258 g/mol. The largest absolute Gasteiger partial charge is 0.316 e. The maximum absolute atomic E-state index is 11.9. The molecular formula is C15H21NO2S. The molecule has 3 rings (SSSR count). The van der Waals surface area contributed by atoms with E-state index < -0.39 is 9.84 Å². The highest BCUT2D eigenvalue weighted by atomic mass is 32.2. The Morgan fingerprint density at radius 2 is 2.00 bits per heavy atom. The zero-order valence-electron chi connectivity index (χ0n) is 11.1. The van der Waals surface area contributed by atoms with Crippen LogP contribution in [-0.2, 0) is 16.3 Å². The molecule has 104 valence electrons. The van der Waals surface area contributed by atoms with Crippen molar-refractivity contribution in [3.63, 3.8) is 0 Å². The second kappa shape index (κ2) is 4.91. The van der Waals surface area contributed by atoms with Crippen LogP contribution in [0.3, 0.4) is 0 Å². The van der Waals surface area contributed by atoms with E-state index in [9.17, 15) is 8.42 Å². The molecule has 19 heavy (non-hydrogen) atoms. The van der Waals surface area contributed by atoms with Gasteiger partial charge in [-0.3, -0.25) is 0 Å². The Morgan fingerprint density at radius 1 is 1.21 bits per heavy atom. The van der Waals surface area contributed by atoms with Crippen molar-refractivity contribution in [1.29, 1.82) is 0 Å². The number of benzene rings is 1. The summed E-state index contributed by atoms with van der Waals surface area (Å²) in [6.07, 6.45) is 2.85. The van der Waals surface area contributed by atoms with Gasteiger partial charge in [0.15, 0.2) is 9.84 Å². The monoisotopic (exact) mass is 279 g/mol. The predicted octanol–water partition coefficient (Wildman–Crippen LogP) is 1.64. The summed E-state index contributed by atoms with van der Waals surface area (Å²) in [6, 6.07) is 10.4. The van der Waals surface area contributed by atoms with Gasteiger partial charge in [0.05, 0.1) is 11.5 Å². The lowest BCUT2D eigenvalue weighted by molar-refractivity contribution is 0.137. The Hall–Kier alpha value is -0.870. The second-order valence-electron chi connectivity index (χ2n) is 6.05. The highest BCUT2D eigenvalue weighted by Gasteiger charge is 2.48. The molecule has 2 fully saturated rings. The van der Waals surface area contributed by atoms with Crippen LogP contribution < -0.4 is 5.32 Å². The number of nitrogens with one attached hydrogen (secondary N) is 1. The molecule has 2 saturated heterocycles. The van der Waals surface area contributed by atoms with E-state index in [1.807, 2.05) is 6.07 Å². The van der Waals surface area contributed by atoms with Crippen LogP contribution in [0.5, 0.6) is 0 Å². The zero-order valence-corrected chi connectivity index (χ0v) is 12.0. The molecule has 1 aromatic carbocycles. The first-order chi connectivity index (χ1) is 9.10. The second-order valence-corrected chi connectivity index (χ2v) is 8.23. The summed E-state index contributed by atoms with van der Waals surface area (Å²) in [5.74, 6) is 1.23. The molecule has 2 heterocycles. The van der Waals surface area contributed by atoms with E-state index in [4.69, 9.17) is 0 Å². The van der Waals surface area contributed by atoms with Crippen molar-refractivity contribution in [1.82, 2.24) is 5.32 Å². The van der Waals surface area contributed by atoms with Gasteiger partial charge in [0, 0.05) is 0 Å². The summed E-state index contributed by atoms with van der Waals surface area (Å²) >= 11 is 0. The lowest BCUT2D eigenvalue weighted by Crippen LogP contribution is -2.46. The van der Waals surface area contributed by atoms with Gasteiger partial charge >= 0.3 is 0 Å². The van der Waals surface area contributed by atoms with Crippen molar-refractivity contribution >= 4 is 9.84 Å². The smallest absolute Gasteiger partial charge is 0.150 e. The predicted molar refractivity (Wildman–Crippen MR) is 76.8 cm³/mol. The molecule has 0 aromatic heterocycles. The highest BCUT2D eigenvalue weighted by molar-refractivity contribution is 7.91. The fourth-order valence-corrected chi connectivity index (χ4v) is 5.94. The third-order valence-corrected chi connectivity index (χ3v) is 6.64. The molecule has 3 nitrogen and oxygen atoms in total.